The highest BCUT2D eigenvalue weighted by atomic mass is 35.5. The van der Waals surface area contributed by atoms with Gasteiger partial charge in [0.25, 0.3) is 0 Å². The van der Waals surface area contributed by atoms with Crippen LogP contribution < -0.4 is 10.2 Å². The highest BCUT2D eigenvalue weighted by Gasteiger charge is 2.08. The molecule has 0 aliphatic heterocycles. The van der Waals surface area contributed by atoms with Crippen molar-refractivity contribution >= 4 is 24.9 Å². The largest absolute Gasteiger partial charge is 0.453 e. The van der Waals surface area contributed by atoms with Crippen molar-refractivity contribution in [3.63, 3.8) is 0 Å². The van der Waals surface area contributed by atoms with Crippen LogP contribution in [0.25, 0.3) is 0 Å². The van der Waals surface area contributed by atoms with E-state index in [1.165, 1.54) is 24.5 Å². The quantitative estimate of drug-likeness (QED) is 0.744. The summed E-state index contributed by atoms with van der Waals surface area (Å²) in [5.74, 6) is -0.201. The van der Waals surface area contributed by atoms with E-state index in [0.29, 0.717) is 11.2 Å². The molecular weight excluding hydrogens is 227 g/mol. The van der Waals surface area contributed by atoms with E-state index in [1.807, 2.05) is 0 Å². The Morgan fingerprint density at radius 3 is 2.88 bits per heavy atom. The standard InChI is InChI=1S/C11H6BClFNO/c12-7-4-8(6-15-5-7)16-10-3-1-2-9(13)11(10)14/h1-6H. The lowest BCUT2D eigenvalue weighted by atomic mass is 9.99. The van der Waals surface area contributed by atoms with Crippen LogP contribution >= 0.6 is 11.6 Å². The first-order valence-electron chi connectivity index (χ1n) is 4.49. The molecule has 16 heavy (non-hydrogen) atoms. The summed E-state index contributed by atoms with van der Waals surface area (Å²) in [6.07, 6.45) is 2.91. The fourth-order valence-electron chi connectivity index (χ4n) is 1.18. The van der Waals surface area contributed by atoms with Crippen LogP contribution in [-0.4, -0.2) is 12.8 Å². The van der Waals surface area contributed by atoms with E-state index < -0.39 is 5.82 Å². The fraction of sp³-hybridized carbons (Fsp3) is 0. The van der Waals surface area contributed by atoms with Gasteiger partial charge in [0, 0.05) is 6.20 Å². The molecule has 0 unspecified atom stereocenters. The van der Waals surface area contributed by atoms with Crippen LogP contribution in [0.4, 0.5) is 4.39 Å². The Morgan fingerprint density at radius 1 is 1.31 bits per heavy atom. The van der Waals surface area contributed by atoms with E-state index in [-0.39, 0.29) is 10.8 Å². The molecule has 0 saturated heterocycles. The summed E-state index contributed by atoms with van der Waals surface area (Å²) < 4.78 is 18.7. The van der Waals surface area contributed by atoms with Gasteiger partial charge in [-0.1, -0.05) is 23.1 Å². The van der Waals surface area contributed by atoms with Crippen molar-refractivity contribution in [1.29, 1.82) is 0 Å². The Hall–Kier alpha value is -1.55. The second-order valence-corrected chi connectivity index (χ2v) is 3.52. The molecule has 2 nitrogen and oxygen atoms in total. The zero-order chi connectivity index (χ0) is 11.5. The molecule has 2 radical (unpaired) electrons. The minimum absolute atomic E-state index is 0.00867. The predicted octanol–water partition coefficient (Wildman–Crippen LogP) is 2.46. The lowest BCUT2D eigenvalue weighted by Gasteiger charge is -2.07. The Bertz CT molecular complexity index is 521. The number of halogens is 2. The Kier molecular flexibility index (Phi) is 3.10. The zero-order valence-electron chi connectivity index (χ0n) is 8.15. The summed E-state index contributed by atoms with van der Waals surface area (Å²) in [5, 5.41) is 0.00867. The van der Waals surface area contributed by atoms with Gasteiger partial charge >= 0.3 is 0 Å². The zero-order valence-corrected chi connectivity index (χ0v) is 8.91. The third-order valence-corrected chi connectivity index (χ3v) is 2.17. The van der Waals surface area contributed by atoms with Crippen molar-refractivity contribution < 1.29 is 9.13 Å². The predicted molar refractivity (Wildman–Crippen MR) is 61.1 cm³/mol. The number of aromatic nitrogens is 1. The summed E-state index contributed by atoms with van der Waals surface area (Å²) in [4.78, 5) is 3.83. The van der Waals surface area contributed by atoms with Crippen LogP contribution in [-0.2, 0) is 0 Å². The summed E-state index contributed by atoms with van der Waals surface area (Å²) in [6.45, 7) is 0. The highest BCUT2D eigenvalue weighted by molar-refractivity contribution is 6.32. The van der Waals surface area contributed by atoms with E-state index in [2.05, 4.69) is 4.98 Å². The van der Waals surface area contributed by atoms with Crippen molar-refractivity contribution in [3.05, 3.63) is 47.5 Å². The fourth-order valence-corrected chi connectivity index (χ4v) is 1.35. The summed E-state index contributed by atoms with van der Waals surface area (Å²) in [7, 11) is 5.52. The molecule has 1 aromatic heterocycles. The number of pyridine rings is 1. The monoisotopic (exact) mass is 233 g/mol. The minimum Gasteiger partial charge on any atom is -0.453 e. The molecule has 0 saturated carbocycles. The van der Waals surface area contributed by atoms with Gasteiger partial charge in [-0.25, -0.2) is 4.39 Å². The summed E-state index contributed by atoms with van der Waals surface area (Å²) >= 11 is 5.62. The number of benzene rings is 1. The lowest BCUT2D eigenvalue weighted by Crippen LogP contribution is -2.03. The highest BCUT2D eigenvalue weighted by Crippen LogP contribution is 2.27. The molecule has 0 aliphatic rings. The van der Waals surface area contributed by atoms with Crippen molar-refractivity contribution in [1.82, 2.24) is 4.98 Å². The number of nitrogens with zero attached hydrogens (tertiary/aromatic N) is 1. The van der Waals surface area contributed by atoms with Gasteiger partial charge in [-0.05, 0) is 18.2 Å². The molecular formula is C11H6BClFNO. The van der Waals surface area contributed by atoms with Crippen molar-refractivity contribution in [2.45, 2.75) is 0 Å². The van der Waals surface area contributed by atoms with Gasteiger partial charge in [0.2, 0.25) is 0 Å². The van der Waals surface area contributed by atoms with E-state index >= 15 is 0 Å². The van der Waals surface area contributed by atoms with E-state index in [0.717, 1.165) is 0 Å². The maximum Gasteiger partial charge on any atom is 0.184 e. The number of hydrogen-bond donors (Lipinski definition) is 0. The molecule has 0 fully saturated rings. The number of hydrogen-bond acceptors (Lipinski definition) is 2. The smallest absolute Gasteiger partial charge is 0.184 e. The van der Waals surface area contributed by atoms with E-state index in [4.69, 9.17) is 24.2 Å². The maximum absolute atomic E-state index is 13.5. The third-order valence-electron chi connectivity index (χ3n) is 1.88. The second kappa shape index (κ2) is 4.53. The topological polar surface area (TPSA) is 22.1 Å². The van der Waals surface area contributed by atoms with Gasteiger partial charge in [-0.2, -0.15) is 0 Å². The Balaban J connectivity index is 2.31. The molecule has 78 valence electrons. The average molecular weight is 233 g/mol. The molecule has 5 heteroatoms. The van der Waals surface area contributed by atoms with Crippen LogP contribution in [0.1, 0.15) is 0 Å². The second-order valence-electron chi connectivity index (χ2n) is 3.11. The molecule has 1 heterocycles. The van der Waals surface area contributed by atoms with Crippen LogP contribution in [0, 0.1) is 5.82 Å². The Morgan fingerprint density at radius 2 is 2.12 bits per heavy atom. The first kappa shape index (κ1) is 11.0. The molecule has 0 spiro atoms. The first-order chi connectivity index (χ1) is 7.66. The average Bonchev–Trinajstić information content (AvgIpc) is 2.25. The molecule has 0 amide bonds. The molecule has 1 aromatic carbocycles. The van der Waals surface area contributed by atoms with E-state index in [1.54, 1.807) is 12.1 Å². The molecule has 0 aliphatic carbocycles. The molecule has 2 rings (SSSR count). The lowest BCUT2D eigenvalue weighted by molar-refractivity contribution is 0.441. The SMILES string of the molecule is [B]c1cncc(Oc2cccc(Cl)c2F)c1. The van der Waals surface area contributed by atoms with Gasteiger partial charge in [-0.3, -0.25) is 4.98 Å². The first-order valence-corrected chi connectivity index (χ1v) is 4.87. The van der Waals surface area contributed by atoms with Gasteiger partial charge in [0.1, 0.15) is 13.6 Å². The van der Waals surface area contributed by atoms with Crippen LogP contribution in [0.3, 0.4) is 0 Å². The summed E-state index contributed by atoms with van der Waals surface area (Å²) in [5.41, 5.74) is 0.444. The van der Waals surface area contributed by atoms with Crippen LogP contribution in [0.2, 0.25) is 5.02 Å². The Labute approximate surface area is 98.4 Å². The van der Waals surface area contributed by atoms with Crippen molar-refractivity contribution in [2.75, 3.05) is 0 Å². The minimum atomic E-state index is -0.605. The molecule has 2 aromatic rings. The van der Waals surface area contributed by atoms with Crippen molar-refractivity contribution in [2.24, 2.45) is 0 Å². The van der Waals surface area contributed by atoms with Gasteiger partial charge in [0.15, 0.2) is 11.6 Å². The summed E-state index contributed by atoms with van der Waals surface area (Å²) in [6, 6.07) is 6.07. The van der Waals surface area contributed by atoms with E-state index in [9.17, 15) is 4.39 Å². The number of ether oxygens (including phenoxy) is 1. The normalized spacial score (nSPS) is 10.1. The molecule has 0 atom stereocenters. The molecule has 0 bridgehead atoms. The maximum atomic E-state index is 13.5. The van der Waals surface area contributed by atoms with Crippen molar-refractivity contribution in [3.8, 4) is 11.5 Å². The number of rotatable bonds is 2. The third kappa shape index (κ3) is 2.34. The van der Waals surface area contributed by atoms with Gasteiger partial charge < -0.3 is 4.74 Å². The van der Waals surface area contributed by atoms with Crippen LogP contribution in [0.15, 0.2) is 36.7 Å². The van der Waals surface area contributed by atoms with Crippen LogP contribution in [0.5, 0.6) is 11.5 Å². The van der Waals surface area contributed by atoms with Gasteiger partial charge in [-0.15, -0.1) is 0 Å². The van der Waals surface area contributed by atoms with Gasteiger partial charge in [0.05, 0.1) is 11.2 Å². The molecule has 0 N–H and O–H groups in total.